The quantitative estimate of drug-likeness (QED) is 0.263. The van der Waals surface area contributed by atoms with Crippen LogP contribution in [0.15, 0.2) is 60.8 Å². The van der Waals surface area contributed by atoms with E-state index in [0.717, 1.165) is 63.4 Å². The Labute approximate surface area is 228 Å². The van der Waals surface area contributed by atoms with Gasteiger partial charge in [0, 0.05) is 47.0 Å². The van der Waals surface area contributed by atoms with E-state index in [0.29, 0.717) is 11.6 Å². The smallest absolute Gasteiger partial charge is 0.127 e. The summed E-state index contributed by atoms with van der Waals surface area (Å²) >= 11 is 6.41. The van der Waals surface area contributed by atoms with Crippen LogP contribution in [0.5, 0.6) is 17.2 Å². The molecule has 38 heavy (non-hydrogen) atoms. The molecule has 1 fully saturated rings. The fourth-order valence-electron chi connectivity index (χ4n) is 5.01. The van der Waals surface area contributed by atoms with Gasteiger partial charge in [0.1, 0.15) is 23.4 Å². The number of fused-ring (bicyclic) bond motifs is 1. The number of nitrogens with zero attached hydrogens (tertiary/aromatic N) is 2. The van der Waals surface area contributed by atoms with E-state index in [9.17, 15) is 0 Å². The summed E-state index contributed by atoms with van der Waals surface area (Å²) in [7, 11) is 3.29. The van der Waals surface area contributed by atoms with E-state index in [1.807, 2.05) is 42.5 Å². The molecule has 1 aromatic heterocycles. The van der Waals surface area contributed by atoms with Gasteiger partial charge in [0.25, 0.3) is 0 Å². The molecule has 3 atom stereocenters. The molecule has 1 aliphatic rings. The first-order valence-corrected chi connectivity index (χ1v) is 13.1. The number of benzene rings is 3. The SMILES string of the molecule is COc1ccc(CNc2cnnc3cc(-c4cc(Cl)ccc4O[C@@H]4C[C@@H](C)O[C@@H](C)C4)ccc23)c(OC)c1. The van der Waals surface area contributed by atoms with E-state index in [1.54, 1.807) is 20.4 Å². The Kier molecular flexibility index (Phi) is 7.86. The lowest BCUT2D eigenvalue weighted by atomic mass is 10.0. The number of aromatic nitrogens is 2. The minimum atomic E-state index is 0.0830. The molecule has 8 heteroatoms. The highest BCUT2D eigenvalue weighted by molar-refractivity contribution is 6.31. The lowest BCUT2D eigenvalue weighted by molar-refractivity contribution is -0.0720. The third-order valence-electron chi connectivity index (χ3n) is 6.80. The Morgan fingerprint density at radius 2 is 1.76 bits per heavy atom. The van der Waals surface area contributed by atoms with Gasteiger partial charge in [0.05, 0.1) is 43.8 Å². The average molecular weight is 534 g/mol. The van der Waals surface area contributed by atoms with Crippen LogP contribution in [-0.2, 0) is 11.3 Å². The third-order valence-corrected chi connectivity index (χ3v) is 7.04. The number of ether oxygens (including phenoxy) is 4. The van der Waals surface area contributed by atoms with Crippen LogP contribution in [0.1, 0.15) is 32.3 Å². The van der Waals surface area contributed by atoms with E-state index in [-0.39, 0.29) is 18.3 Å². The first kappa shape index (κ1) is 26.1. The fraction of sp³-hybridized carbons (Fsp3) is 0.333. The van der Waals surface area contributed by atoms with Gasteiger partial charge in [0.15, 0.2) is 0 Å². The summed E-state index contributed by atoms with van der Waals surface area (Å²) in [5.74, 6) is 2.31. The summed E-state index contributed by atoms with van der Waals surface area (Å²) in [5, 5.41) is 13.7. The van der Waals surface area contributed by atoms with Crippen LogP contribution in [-0.4, -0.2) is 42.7 Å². The molecule has 0 radical (unpaired) electrons. The van der Waals surface area contributed by atoms with Gasteiger partial charge in [-0.2, -0.15) is 10.2 Å². The third kappa shape index (κ3) is 5.79. The highest BCUT2D eigenvalue weighted by Crippen LogP contribution is 2.37. The molecule has 0 amide bonds. The molecular formula is C30H32ClN3O4. The molecule has 0 unspecified atom stereocenters. The van der Waals surface area contributed by atoms with Gasteiger partial charge in [-0.3, -0.25) is 0 Å². The van der Waals surface area contributed by atoms with Gasteiger partial charge in [-0.05, 0) is 61.9 Å². The Hall–Kier alpha value is -3.55. The summed E-state index contributed by atoms with van der Waals surface area (Å²) < 4.78 is 23.2. The second-order valence-electron chi connectivity index (χ2n) is 9.63. The van der Waals surface area contributed by atoms with Crippen molar-refractivity contribution in [2.24, 2.45) is 0 Å². The van der Waals surface area contributed by atoms with Crippen molar-refractivity contribution in [1.82, 2.24) is 10.2 Å². The summed E-state index contributed by atoms with van der Waals surface area (Å²) in [5.41, 5.74) is 4.55. The molecule has 4 aromatic rings. The molecule has 7 nitrogen and oxygen atoms in total. The maximum absolute atomic E-state index is 6.49. The van der Waals surface area contributed by atoms with Gasteiger partial charge >= 0.3 is 0 Å². The summed E-state index contributed by atoms with van der Waals surface area (Å²) in [6, 6.07) is 17.7. The summed E-state index contributed by atoms with van der Waals surface area (Å²) in [6.07, 6.45) is 3.85. The van der Waals surface area contributed by atoms with Gasteiger partial charge < -0.3 is 24.3 Å². The number of anilines is 1. The first-order valence-electron chi connectivity index (χ1n) is 12.8. The van der Waals surface area contributed by atoms with Gasteiger partial charge in [-0.15, -0.1) is 0 Å². The predicted octanol–water partition coefficient (Wildman–Crippen LogP) is 6.91. The lowest BCUT2D eigenvalue weighted by Crippen LogP contribution is -2.35. The molecule has 1 saturated heterocycles. The van der Waals surface area contributed by atoms with Crippen molar-refractivity contribution in [2.45, 2.75) is 51.5 Å². The van der Waals surface area contributed by atoms with Crippen LogP contribution < -0.4 is 19.5 Å². The minimum Gasteiger partial charge on any atom is -0.497 e. The summed E-state index contributed by atoms with van der Waals surface area (Å²) in [4.78, 5) is 0. The molecular weight excluding hydrogens is 502 g/mol. The second-order valence-corrected chi connectivity index (χ2v) is 10.1. The molecule has 1 N–H and O–H groups in total. The van der Waals surface area contributed by atoms with Crippen molar-refractivity contribution in [2.75, 3.05) is 19.5 Å². The van der Waals surface area contributed by atoms with Crippen molar-refractivity contribution in [1.29, 1.82) is 0 Å². The van der Waals surface area contributed by atoms with Gasteiger partial charge in [-0.1, -0.05) is 17.7 Å². The Morgan fingerprint density at radius 3 is 2.53 bits per heavy atom. The number of methoxy groups -OCH3 is 2. The largest absolute Gasteiger partial charge is 0.497 e. The highest BCUT2D eigenvalue weighted by atomic mass is 35.5. The molecule has 2 heterocycles. The second kappa shape index (κ2) is 11.5. The molecule has 3 aromatic carbocycles. The zero-order chi connectivity index (χ0) is 26.6. The van der Waals surface area contributed by atoms with Crippen LogP contribution in [0.25, 0.3) is 22.0 Å². The maximum atomic E-state index is 6.49. The average Bonchev–Trinajstić information content (AvgIpc) is 2.91. The number of halogens is 1. The van der Waals surface area contributed by atoms with E-state index in [4.69, 9.17) is 30.5 Å². The molecule has 0 saturated carbocycles. The van der Waals surface area contributed by atoms with Crippen molar-refractivity contribution >= 4 is 28.2 Å². The zero-order valence-electron chi connectivity index (χ0n) is 22.0. The Balaban J connectivity index is 1.41. The van der Waals surface area contributed by atoms with E-state index < -0.39 is 0 Å². The first-order chi connectivity index (χ1) is 18.4. The zero-order valence-corrected chi connectivity index (χ0v) is 22.8. The van der Waals surface area contributed by atoms with Crippen molar-refractivity contribution in [3.05, 3.63) is 71.4 Å². The topological polar surface area (TPSA) is 74.7 Å². The van der Waals surface area contributed by atoms with Crippen molar-refractivity contribution in [3.8, 4) is 28.4 Å². The number of nitrogens with one attached hydrogen (secondary N) is 1. The van der Waals surface area contributed by atoms with Crippen LogP contribution in [0.3, 0.4) is 0 Å². The van der Waals surface area contributed by atoms with Crippen LogP contribution in [0.2, 0.25) is 5.02 Å². The Bertz CT molecular complexity index is 1420. The van der Waals surface area contributed by atoms with Crippen LogP contribution >= 0.6 is 11.6 Å². The van der Waals surface area contributed by atoms with Crippen LogP contribution in [0.4, 0.5) is 5.69 Å². The molecule has 198 valence electrons. The normalized spacial score (nSPS) is 19.2. The highest BCUT2D eigenvalue weighted by Gasteiger charge is 2.26. The lowest BCUT2D eigenvalue weighted by Gasteiger charge is -2.32. The predicted molar refractivity (Wildman–Crippen MR) is 151 cm³/mol. The number of hydrogen-bond acceptors (Lipinski definition) is 7. The molecule has 0 aliphatic carbocycles. The van der Waals surface area contributed by atoms with Gasteiger partial charge in [0.2, 0.25) is 0 Å². The van der Waals surface area contributed by atoms with Crippen molar-refractivity contribution < 1.29 is 18.9 Å². The van der Waals surface area contributed by atoms with Crippen LogP contribution in [0, 0.1) is 0 Å². The standard InChI is InChI=1S/C30H32ClN3O4/c1-18-11-24(12-19(2)37-18)38-29-10-7-22(31)14-26(29)20-6-9-25-27(13-20)34-33-17-28(25)32-16-21-5-8-23(35-3)15-30(21)36-4/h5-10,13-15,17-19,24H,11-12,16H2,1-4H3,(H,32,34)/t18-,19+,24-. The molecule has 0 spiro atoms. The molecule has 1 aliphatic heterocycles. The number of hydrogen-bond donors (Lipinski definition) is 1. The summed E-state index contributed by atoms with van der Waals surface area (Å²) in [6.45, 7) is 4.74. The van der Waals surface area contributed by atoms with Crippen molar-refractivity contribution in [3.63, 3.8) is 0 Å². The Morgan fingerprint density at radius 1 is 0.947 bits per heavy atom. The maximum Gasteiger partial charge on any atom is 0.127 e. The van der Waals surface area contributed by atoms with E-state index in [2.05, 4.69) is 41.5 Å². The number of rotatable bonds is 8. The van der Waals surface area contributed by atoms with Gasteiger partial charge in [-0.25, -0.2) is 0 Å². The molecule has 0 bridgehead atoms. The minimum absolute atomic E-state index is 0.0830. The fourth-order valence-corrected chi connectivity index (χ4v) is 5.18. The monoisotopic (exact) mass is 533 g/mol. The van der Waals surface area contributed by atoms with E-state index in [1.165, 1.54) is 0 Å². The molecule has 5 rings (SSSR count). The van der Waals surface area contributed by atoms with E-state index >= 15 is 0 Å².